The zero-order chi connectivity index (χ0) is 39.3. The number of pyridine rings is 2. The lowest BCUT2D eigenvalue weighted by atomic mass is 9.92. The van der Waals surface area contributed by atoms with E-state index in [1.54, 1.807) is 30.3 Å². The van der Waals surface area contributed by atoms with Gasteiger partial charge in [0, 0.05) is 27.5 Å². The van der Waals surface area contributed by atoms with Crippen molar-refractivity contribution in [2.45, 2.75) is 0 Å². The quantitative estimate of drug-likeness (QED) is 0.157. The summed E-state index contributed by atoms with van der Waals surface area (Å²) in [6, 6.07) is 57.8. The van der Waals surface area contributed by atoms with Gasteiger partial charge >= 0.3 is 0 Å². The van der Waals surface area contributed by atoms with E-state index in [1.807, 2.05) is 144 Å². The minimum atomic E-state index is -0.420. The van der Waals surface area contributed by atoms with Crippen LogP contribution >= 0.6 is 0 Å². The molecule has 0 bridgehead atoms. The molecular weight excluding hydrogens is 717 g/mol. The second-order valence-corrected chi connectivity index (χ2v) is 13.9. The Hall–Kier alpha value is -8.46. The van der Waals surface area contributed by atoms with Crippen LogP contribution in [-0.4, -0.2) is 26.3 Å². The van der Waals surface area contributed by atoms with Crippen molar-refractivity contribution in [2.24, 2.45) is 0 Å². The van der Waals surface area contributed by atoms with Gasteiger partial charge in [0.1, 0.15) is 23.5 Å². The highest BCUT2D eigenvalue weighted by atomic mass is 16.2. The second-order valence-electron chi connectivity index (χ2n) is 13.9. The highest BCUT2D eigenvalue weighted by molar-refractivity contribution is 6.37. The van der Waals surface area contributed by atoms with Crippen molar-refractivity contribution in [1.82, 2.24) is 14.5 Å². The van der Waals surface area contributed by atoms with E-state index in [0.29, 0.717) is 45.3 Å². The van der Waals surface area contributed by atoms with Gasteiger partial charge in [0.25, 0.3) is 11.8 Å². The van der Waals surface area contributed by atoms with E-state index in [9.17, 15) is 15.3 Å². The zero-order valence-corrected chi connectivity index (χ0v) is 30.7. The van der Waals surface area contributed by atoms with Crippen LogP contribution < -0.4 is 4.90 Å². The number of carbonyl (C=O) groups excluding carboxylic acids is 2. The zero-order valence-electron chi connectivity index (χ0n) is 30.7. The Balaban J connectivity index is 1.19. The lowest BCUT2D eigenvalue weighted by Gasteiger charge is -2.22. The van der Waals surface area contributed by atoms with Gasteiger partial charge in [0.2, 0.25) is 0 Å². The summed E-state index contributed by atoms with van der Waals surface area (Å²) in [5.41, 5.74) is 10.3. The summed E-state index contributed by atoms with van der Waals surface area (Å²) in [5, 5.41) is 20.9. The van der Waals surface area contributed by atoms with Gasteiger partial charge in [-0.1, -0.05) is 103 Å². The lowest BCUT2D eigenvalue weighted by Crippen LogP contribution is -2.30. The number of nitriles is 2. The number of fused-ring (bicyclic) bond motifs is 4. The third-order valence-corrected chi connectivity index (χ3v) is 10.6. The Kier molecular flexibility index (Phi) is 8.04. The van der Waals surface area contributed by atoms with Gasteiger partial charge in [-0.3, -0.25) is 9.59 Å². The molecule has 0 unspecified atom stereocenters. The molecule has 58 heavy (non-hydrogen) atoms. The van der Waals surface area contributed by atoms with Crippen molar-refractivity contribution >= 4 is 39.3 Å². The molecule has 0 fully saturated rings. The van der Waals surface area contributed by atoms with E-state index in [0.717, 1.165) is 55.2 Å². The van der Waals surface area contributed by atoms with Gasteiger partial charge in [-0.15, -0.1) is 0 Å². The molecule has 1 aliphatic rings. The van der Waals surface area contributed by atoms with Gasteiger partial charge in [0.05, 0.1) is 44.9 Å². The minimum Gasteiger partial charge on any atom is -0.308 e. The van der Waals surface area contributed by atoms with Gasteiger partial charge in [-0.05, 0) is 83.4 Å². The summed E-state index contributed by atoms with van der Waals surface area (Å²) in [6.07, 6.45) is 0. The maximum absolute atomic E-state index is 15.0. The third-order valence-electron chi connectivity index (χ3n) is 10.6. The maximum Gasteiger partial charge on any atom is 0.268 e. The molecule has 2 amide bonds. The Labute approximate surface area is 332 Å². The molecule has 270 valence electrons. The fourth-order valence-corrected chi connectivity index (χ4v) is 8.08. The molecule has 6 aromatic carbocycles. The van der Waals surface area contributed by atoms with Crippen LogP contribution in [0.2, 0.25) is 0 Å². The first-order valence-electron chi connectivity index (χ1n) is 18.6. The summed E-state index contributed by atoms with van der Waals surface area (Å²) in [4.78, 5) is 40.1. The second kappa shape index (κ2) is 13.7. The highest BCUT2D eigenvalue weighted by Crippen LogP contribution is 2.44. The SMILES string of the molecule is N#Cc1cccc(-c2ccc3c(c2)c2cc(-c4cccc(C#N)n4)ccc2n3-c2cccc3c2C(=O)N(c2cccc(-c4ccccc4)c2-c2ccccc2)C3=O)n1. The summed E-state index contributed by atoms with van der Waals surface area (Å²) in [6.45, 7) is 0. The lowest BCUT2D eigenvalue weighted by molar-refractivity contribution is 0.0926. The van der Waals surface area contributed by atoms with E-state index in [1.165, 1.54) is 4.90 Å². The van der Waals surface area contributed by atoms with Gasteiger partial charge in [0.15, 0.2) is 0 Å². The number of hydrogen-bond donors (Lipinski definition) is 0. The molecule has 0 spiro atoms. The van der Waals surface area contributed by atoms with Gasteiger partial charge in [-0.2, -0.15) is 10.5 Å². The fourth-order valence-electron chi connectivity index (χ4n) is 8.08. The number of benzene rings is 6. The van der Waals surface area contributed by atoms with Crippen molar-refractivity contribution < 1.29 is 9.59 Å². The van der Waals surface area contributed by atoms with Crippen LogP contribution in [0.5, 0.6) is 0 Å². The largest absolute Gasteiger partial charge is 0.308 e. The van der Waals surface area contributed by atoms with E-state index >= 15 is 4.79 Å². The highest BCUT2D eigenvalue weighted by Gasteiger charge is 2.40. The normalized spacial score (nSPS) is 12.1. The van der Waals surface area contributed by atoms with Crippen LogP contribution in [-0.2, 0) is 0 Å². The standard InChI is InChI=1S/C50H28N6O2/c51-29-35-15-7-19-41(53-35)33-23-25-43-39(27-33)40-28-34(42-20-8-16-36(30-52)54-42)24-26-44(40)55(43)46-22-10-18-38-48(46)50(58)56(49(38)57)45-21-9-17-37(31-11-3-1-4-12-31)47(45)32-13-5-2-6-14-32/h1-28H. The van der Waals surface area contributed by atoms with Crippen LogP contribution in [0.3, 0.4) is 0 Å². The van der Waals surface area contributed by atoms with Crippen molar-refractivity contribution in [2.75, 3.05) is 4.90 Å². The van der Waals surface area contributed by atoms with E-state index < -0.39 is 11.8 Å². The van der Waals surface area contributed by atoms with Crippen LogP contribution in [0.1, 0.15) is 32.1 Å². The maximum atomic E-state index is 15.0. The topological polar surface area (TPSA) is 116 Å². The first-order valence-corrected chi connectivity index (χ1v) is 18.6. The number of carbonyl (C=O) groups is 2. The predicted octanol–water partition coefficient (Wildman–Crippen LogP) is 10.8. The van der Waals surface area contributed by atoms with E-state index in [4.69, 9.17) is 0 Å². The van der Waals surface area contributed by atoms with Crippen LogP contribution in [0.15, 0.2) is 170 Å². The molecular formula is C50H28N6O2. The fraction of sp³-hybridized carbons (Fsp3) is 0. The molecule has 0 aliphatic carbocycles. The molecule has 0 atom stereocenters. The number of amides is 2. The molecule has 8 nitrogen and oxygen atoms in total. The molecule has 9 aromatic rings. The summed E-state index contributed by atoms with van der Waals surface area (Å²) < 4.78 is 2.03. The van der Waals surface area contributed by atoms with Crippen LogP contribution in [0.25, 0.3) is 72.3 Å². The molecule has 0 radical (unpaired) electrons. The van der Waals surface area contributed by atoms with Crippen LogP contribution in [0.4, 0.5) is 5.69 Å². The van der Waals surface area contributed by atoms with Crippen LogP contribution in [0, 0.1) is 22.7 Å². The Morgan fingerprint density at radius 3 is 1.52 bits per heavy atom. The molecule has 10 rings (SSSR count). The summed E-state index contributed by atoms with van der Waals surface area (Å²) in [7, 11) is 0. The number of nitrogens with zero attached hydrogens (tertiary/aromatic N) is 6. The molecule has 0 N–H and O–H groups in total. The van der Waals surface area contributed by atoms with Crippen molar-refractivity contribution in [3.05, 3.63) is 192 Å². The van der Waals surface area contributed by atoms with Crippen molar-refractivity contribution in [1.29, 1.82) is 10.5 Å². The van der Waals surface area contributed by atoms with E-state index in [-0.39, 0.29) is 0 Å². The number of imide groups is 1. The molecule has 1 aliphatic heterocycles. The van der Waals surface area contributed by atoms with Crippen molar-refractivity contribution in [3.63, 3.8) is 0 Å². The molecule has 8 heteroatoms. The van der Waals surface area contributed by atoms with E-state index in [2.05, 4.69) is 22.1 Å². The monoisotopic (exact) mass is 744 g/mol. The van der Waals surface area contributed by atoms with Gasteiger partial charge in [-0.25, -0.2) is 14.9 Å². The van der Waals surface area contributed by atoms with Crippen molar-refractivity contribution in [3.8, 4) is 62.6 Å². The molecule has 4 heterocycles. The molecule has 0 saturated heterocycles. The first kappa shape index (κ1) is 34.1. The first-order chi connectivity index (χ1) is 28.5. The minimum absolute atomic E-state index is 0.301. The Morgan fingerprint density at radius 2 is 0.948 bits per heavy atom. The Bertz CT molecular complexity index is 3130. The number of rotatable bonds is 6. The number of hydrogen-bond acceptors (Lipinski definition) is 6. The Morgan fingerprint density at radius 1 is 0.431 bits per heavy atom. The average molecular weight is 745 g/mol. The smallest absolute Gasteiger partial charge is 0.268 e. The number of anilines is 1. The molecule has 3 aromatic heterocycles. The molecule has 0 saturated carbocycles. The summed E-state index contributed by atoms with van der Waals surface area (Å²) >= 11 is 0. The summed E-state index contributed by atoms with van der Waals surface area (Å²) in [5.74, 6) is -0.822. The van der Waals surface area contributed by atoms with Gasteiger partial charge < -0.3 is 4.57 Å². The predicted molar refractivity (Wildman–Crippen MR) is 225 cm³/mol. The average Bonchev–Trinajstić information content (AvgIpc) is 3.75. The third kappa shape index (κ3) is 5.44. The number of aromatic nitrogens is 3.